The molecule has 76 valence electrons. The van der Waals surface area contributed by atoms with E-state index in [4.69, 9.17) is 0 Å². The molecule has 1 aliphatic rings. The summed E-state index contributed by atoms with van der Waals surface area (Å²) in [7, 11) is -0.445. The quantitative estimate of drug-likeness (QED) is 0.649. The van der Waals surface area contributed by atoms with Gasteiger partial charge in [-0.15, -0.1) is 11.8 Å². The molecule has 1 fully saturated rings. The van der Waals surface area contributed by atoms with E-state index in [-0.39, 0.29) is 0 Å². The maximum Gasteiger partial charge on any atom is 0.292 e. The molecule has 0 aromatic rings. The first-order valence-electron chi connectivity index (χ1n) is 3.84. The van der Waals surface area contributed by atoms with Crippen molar-refractivity contribution in [1.29, 1.82) is 0 Å². The zero-order chi connectivity index (χ0) is 10.1. The number of rotatable bonds is 2. The SMILES string of the molecule is COS(=O)(=O)/C=C1/SC[C@@H](C)N1C. The highest BCUT2D eigenvalue weighted by Crippen LogP contribution is 2.31. The summed E-state index contributed by atoms with van der Waals surface area (Å²) in [4.78, 5) is 1.93. The molecule has 1 heterocycles. The fourth-order valence-electron chi connectivity index (χ4n) is 0.926. The van der Waals surface area contributed by atoms with Crippen molar-refractivity contribution in [3.05, 3.63) is 10.4 Å². The van der Waals surface area contributed by atoms with E-state index in [1.54, 1.807) is 0 Å². The van der Waals surface area contributed by atoms with E-state index in [2.05, 4.69) is 4.18 Å². The minimum absolute atomic E-state index is 0.378. The normalized spacial score (nSPS) is 27.2. The fourth-order valence-corrected chi connectivity index (χ4v) is 3.08. The molecule has 0 unspecified atom stereocenters. The molecular formula is C7H13NO3S2. The van der Waals surface area contributed by atoms with Crippen LogP contribution in [0, 0.1) is 0 Å². The lowest BCUT2D eigenvalue weighted by molar-refractivity contribution is 0.384. The molecule has 4 nitrogen and oxygen atoms in total. The van der Waals surface area contributed by atoms with E-state index < -0.39 is 10.1 Å². The Morgan fingerprint density at radius 2 is 2.31 bits per heavy atom. The Morgan fingerprint density at radius 1 is 1.69 bits per heavy atom. The van der Waals surface area contributed by atoms with Gasteiger partial charge >= 0.3 is 0 Å². The van der Waals surface area contributed by atoms with Crippen molar-refractivity contribution in [1.82, 2.24) is 4.90 Å². The average molecular weight is 223 g/mol. The van der Waals surface area contributed by atoms with Crippen molar-refractivity contribution in [2.45, 2.75) is 13.0 Å². The summed E-state index contributed by atoms with van der Waals surface area (Å²) in [6.07, 6.45) is 0. The molecule has 0 aromatic carbocycles. The van der Waals surface area contributed by atoms with Crippen molar-refractivity contribution >= 4 is 21.9 Å². The van der Waals surface area contributed by atoms with E-state index in [9.17, 15) is 8.42 Å². The minimum atomic E-state index is -3.48. The van der Waals surface area contributed by atoms with Crippen LogP contribution in [-0.4, -0.2) is 39.3 Å². The van der Waals surface area contributed by atoms with Crippen molar-refractivity contribution in [3.8, 4) is 0 Å². The van der Waals surface area contributed by atoms with Gasteiger partial charge in [0, 0.05) is 18.8 Å². The molecule has 0 aromatic heterocycles. The number of hydrogen-bond acceptors (Lipinski definition) is 5. The summed E-state index contributed by atoms with van der Waals surface area (Å²) < 4.78 is 26.5. The third kappa shape index (κ3) is 2.62. The summed E-state index contributed by atoms with van der Waals surface area (Å²) in [5.74, 6) is 0.918. The average Bonchev–Trinajstić information content (AvgIpc) is 2.36. The van der Waals surface area contributed by atoms with Gasteiger partial charge in [-0.05, 0) is 6.92 Å². The zero-order valence-electron chi connectivity index (χ0n) is 7.85. The molecule has 1 saturated heterocycles. The third-order valence-electron chi connectivity index (χ3n) is 1.96. The molecule has 0 bridgehead atoms. The second kappa shape index (κ2) is 3.89. The summed E-state index contributed by atoms with van der Waals surface area (Å²) in [5.41, 5.74) is 0. The summed E-state index contributed by atoms with van der Waals surface area (Å²) in [6.45, 7) is 2.05. The van der Waals surface area contributed by atoms with E-state index >= 15 is 0 Å². The molecule has 0 N–H and O–H groups in total. The number of thioether (sulfide) groups is 1. The first kappa shape index (κ1) is 10.9. The lowest BCUT2D eigenvalue weighted by atomic mass is 10.4. The lowest BCUT2D eigenvalue weighted by Gasteiger charge is -2.16. The van der Waals surface area contributed by atoms with Crippen molar-refractivity contribution in [3.63, 3.8) is 0 Å². The van der Waals surface area contributed by atoms with Crippen LogP contribution in [-0.2, 0) is 14.3 Å². The van der Waals surface area contributed by atoms with Gasteiger partial charge in [-0.3, -0.25) is 4.18 Å². The highest BCUT2D eigenvalue weighted by Gasteiger charge is 2.23. The molecule has 0 saturated carbocycles. The van der Waals surface area contributed by atoms with Crippen LogP contribution in [0.5, 0.6) is 0 Å². The fraction of sp³-hybridized carbons (Fsp3) is 0.714. The standard InChI is InChI=1S/C7H13NO3S2/c1-6-4-12-7(8(6)2)5-13(9,10)11-3/h5-6H,4H2,1-3H3/b7-5+/t6-/m1/s1. The molecule has 13 heavy (non-hydrogen) atoms. The molecule has 0 radical (unpaired) electrons. The Balaban J connectivity index is 2.85. The van der Waals surface area contributed by atoms with Crippen LogP contribution in [0.2, 0.25) is 0 Å². The maximum absolute atomic E-state index is 11.1. The Kier molecular flexibility index (Phi) is 3.26. The van der Waals surface area contributed by atoms with Crippen molar-refractivity contribution < 1.29 is 12.6 Å². The van der Waals surface area contributed by atoms with Crippen LogP contribution in [0.3, 0.4) is 0 Å². The van der Waals surface area contributed by atoms with Gasteiger partial charge in [0.1, 0.15) is 0 Å². The Bertz CT molecular complexity index is 310. The van der Waals surface area contributed by atoms with E-state index in [1.807, 2.05) is 18.9 Å². The summed E-state index contributed by atoms with van der Waals surface area (Å²) in [5, 5.41) is 1.91. The molecule has 1 aliphatic heterocycles. The van der Waals surface area contributed by atoms with E-state index in [0.29, 0.717) is 6.04 Å². The van der Waals surface area contributed by atoms with Crippen molar-refractivity contribution in [2.24, 2.45) is 0 Å². The van der Waals surface area contributed by atoms with Crippen LogP contribution in [0.25, 0.3) is 0 Å². The predicted octanol–water partition coefficient (Wildman–Crippen LogP) is 0.829. The Labute approximate surface area is 83.1 Å². The number of hydrogen-bond donors (Lipinski definition) is 0. The highest BCUT2D eigenvalue weighted by molar-refractivity contribution is 8.04. The van der Waals surface area contributed by atoms with Gasteiger partial charge in [0.05, 0.1) is 17.5 Å². The molecule has 6 heteroatoms. The van der Waals surface area contributed by atoms with Crippen LogP contribution >= 0.6 is 11.8 Å². The topological polar surface area (TPSA) is 46.6 Å². The number of nitrogens with zero attached hydrogens (tertiary/aromatic N) is 1. The van der Waals surface area contributed by atoms with Crippen molar-refractivity contribution in [2.75, 3.05) is 19.9 Å². The summed E-state index contributed by atoms with van der Waals surface area (Å²) in [6, 6.07) is 0.378. The highest BCUT2D eigenvalue weighted by atomic mass is 32.2. The van der Waals surface area contributed by atoms with Gasteiger partial charge < -0.3 is 4.90 Å². The Morgan fingerprint density at radius 3 is 2.69 bits per heavy atom. The molecular weight excluding hydrogens is 210 g/mol. The second-order valence-corrected chi connectivity index (χ2v) is 5.48. The predicted molar refractivity (Wildman–Crippen MR) is 53.7 cm³/mol. The molecule has 1 rings (SSSR count). The van der Waals surface area contributed by atoms with Gasteiger partial charge in [0.15, 0.2) is 0 Å². The smallest absolute Gasteiger partial charge is 0.292 e. The second-order valence-electron chi connectivity index (χ2n) is 2.89. The zero-order valence-corrected chi connectivity index (χ0v) is 9.48. The van der Waals surface area contributed by atoms with Gasteiger partial charge in [-0.2, -0.15) is 8.42 Å². The van der Waals surface area contributed by atoms with Gasteiger partial charge in [-0.1, -0.05) is 0 Å². The molecule has 0 aliphatic carbocycles. The third-order valence-corrected chi connectivity index (χ3v) is 4.44. The van der Waals surface area contributed by atoms with Crippen LogP contribution in [0.1, 0.15) is 6.92 Å². The van der Waals surface area contributed by atoms with Gasteiger partial charge in [-0.25, -0.2) is 0 Å². The van der Waals surface area contributed by atoms with E-state index in [1.165, 1.54) is 17.2 Å². The Hall–Kier alpha value is -0.200. The molecule has 1 atom stereocenters. The minimum Gasteiger partial charge on any atom is -0.365 e. The first-order valence-corrected chi connectivity index (χ1v) is 6.30. The lowest BCUT2D eigenvalue weighted by Crippen LogP contribution is -2.22. The van der Waals surface area contributed by atoms with E-state index in [0.717, 1.165) is 17.9 Å². The van der Waals surface area contributed by atoms with Crippen LogP contribution in [0.4, 0.5) is 0 Å². The first-order chi connectivity index (χ1) is 5.96. The van der Waals surface area contributed by atoms with Crippen LogP contribution < -0.4 is 0 Å². The molecule has 0 amide bonds. The van der Waals surface area contributed by atoms with Gasteiger partial charge in [0.2, 0.25) is 0 Å². The largest absolute Gasteiger partial charge is 0.365 e. The van der Waals surface area contributed by atoms with Crippen LogP contribution in [0.15, 0.2) is 10.4 Å². The maximum atomic E-state index is 11.1. The molecule has 0 spiro atoms. The monoisotopic (exact) mass is 223 g/mol. The van der Waals surface area contributed by atoms with Gasteiger partial charge in [0.25, 0.3) is 10.1 Å². The summed E-state index contributed by atoms with van der Waals surface area (Å²) >= 11 is 1.53.